The van der Waals surface area contributed by atoms with Crippen molar-refractivity contribution >= 4 is 85.2 Å². The summed E-state index contributed by atoms with van der Waals surface area (Å²) in [6, 6.07) is 110. The predicted molar refractivity (Wildman–Crippen MR) is 354 cm³/mol. The quantitative estimate of drug-likeness (QED) is 0.139. The van der Waals surface area contributed by atoms with Gasteiger partial charge in [0.15, 0.2) is 0 Å². The molecule has 2 nitrogen and oxygen atoms in total. The minimum Gasteiger partial charge on any atom is -0.456 e. The molecule has 1 aliphatic rings. The first-order valence-electron chi connectivity index (χ1n) is 28.7. The van der Waals surface area contributed by atoms with Crippen LogP contribution in [0.3, 0.4) is 0 Å². The molecule has 0 saturated carbocycles. The minimum absolute atomic E-state index is 0.769. The molecule has 2 aromatic heterocycles. The van der Waals surface area contributed by atoms with E-state index in [1.54, 1.807) is 0 Å². The second kappa shape index (κ2) is 19.0. The molecule has 83 heavy (non-hydrogen) atoms. The number of furan rings is 1. The van der Waals surface area contributed by atoms with E-state index in [9.17, 15) is 0 Å². The van der Waals surface area contributed by atoms with Crippen molar-refractivity contribution in [1.82, 2.24) is 4.57 Å². The SMILES string of the molecule is c1ccc2c(-c3ccc(-c4ccc(-c5ccc6c(c5)c5cc(-c7ccc(-c8ccc(-c9cccc%10ccccc9%10)cc8)cc7)ccc5n6-c5ccc6c(c5)[SiH2]c5cc(-c7ccc8oc9ccccc9c8c7)ccc5-6)cc4)cc3)cccc2c1. The van der Waals surface area contributed by atoms with E-state index in [-0.39, 0.29) is 0 Å². The van der Waals surface area contributed by atoms with Gasteiger partial charge in [0.2, 0.25) is 0 Å². The average molecular weight is 1070 g/mol. The Balaban J connectivity index is 0.715. The Morgan fingerprint density at radius 2 is 0.602 bits per heavy atom. The molecule has 0 N–H and O–H groups in total. The lowest BCUT2D eigenvalue weighted by Crippen LogP contribution is -2.21. The fourth-order valence-electron chi connectivity index (χ4n) is 13.4. The van der Waals surface area contributed by atoms with E-state index in [2.05, 4.69) is 296 Å². The van der Waals surface area contributed by atoms with E-state index in [0.29, 0.717) is 0 Å². The maximum atomic E-state index is 6.19. The van der Waals surface area contributed by atoms with Crippen molar-refractivity contribution in [2.24, 2.45) is 0 Å². The molecule has 3 heterocycles. The molecule has 16 aromatic rings. The predicted octanol–water partition coefficient (Wildman–Crippen LogP) is 19.8. The summed E-state index contributed by atoms with van der Waals surface area (Å²) in [5.74, 6) is 0. The fraction of sp³-hybridized carbons (Fsp3) is 0. The van der Waals surface area contributed by atoms with E-state index in [1.807, 2.05) is 6.07 Å². The molecule has 14 aromatic carbocycles. The molecule has 0 radical (unpaired) electrons. The Labute approximate surface area is 483 Å². The van der Waals surface area contributed by atoms with Crippen LogP contribution in [0, 0.1) is 0 Å². The zero-order valence-electron chi connectivity index (χ0n) is 45.4. The maximum Gasteiger partial charge on any atom is 0.135 e. The average Bonchev–Trinajstić information content (AvgIpc) is 3.49. The van der Waals surface area contributed by atoms with E-state index in [1.165, 1.54) is 148 Å². The Morgan fingerprint density at radius 3 is 1.16 bits per heavy atom. The Hall–Kier alpha value is -10.6. The topological polar surface area (TPSA) is 18.1 Å². The number of rotatable bonds is 8. The summed E-state index contributed by atoms with van der Waals surface area (Å²) in [6.07, 6.45) is 0. The molecule has 1 aliphatic heterocycles. The first-order valence-corrected chi connectivity index (χ1v) is 30.1. The van der Waals surface area contributed by atoms with Gasteiger partial charge in [-0.25, -0.2) is 0 Å². The molecule has 0 aliphatic carbocycles. The van der Waals surface area contributed by atoms with Crippen LogP contribution >= 0.6 is 0 Å². The molecule has 0 spiro atoms. The van der Waals surface area contributed by atoms with Gasteiger partial charge in [-0.15, -0.1) is 0 Å². The van der Waals surface area contributed by atoms with Crippen LogP contribution in [-0.2, 0) is 0 Å². The third-order valence-electron chi connectivity index (χ3n) is 17.7. The molecule has 0 atom stereocenters. The number of benzene rings is 14. The number of para-hydroxylation sites is 1. The zero-order valence-corrected chi connectivity index (χ0v) is 46.8. The standard InChI is InChI=1S/C80H51NOSi/c1-3-13-65-56(9-1)11-7-16-67(65)58-31-27-52(28-32-58)50-19-23-54(24-20-50)60-36-42-75-72(45-60)73-46-61(55-25-21-51(22-26-55)53-29-33-59(34-30-53)68-17-8-12-57-10-2-4-14-66(57)68)37-43-76(73)81(75)64-39-41-71-70-40-35-63(48-79(70)83-80(71)49-64)62-38-44-78-74(47-62)69-15-5-6-18-77(69)82-78/h1-49H,83H2. The first-order chi connectivity index (χ1) is 41.1. The van der Waals surface area contributed by atoms with Gasteiger partial charge in [0.05, 0.1) is 20.6 Å². The molecule has 0 amide bonds. The third-order valence-corrected chi connectivity index (χ3v) is 19.6. The monoisotopic (exact) mass is 1070 g/mol. The number of nitrogens with zero attached hydrogens (tertiary/aromatic N) is 1. The van der Waals surface area contributed by atoms with Crippen LogP contribution in [0.2, 0.25) is 0 Å². The van der Waals surface area contributed by atoms with Crippen molar-refractivity contribution in [1.29, 1.82) is 0 Å². The van der Waals surface area contributed by atoms with Crippen molar-refractivity contribution in [2.75, 3.05) is 0 Å². The van der Waals surface area contributed by atoms with Crippen LogP contribution in [0.5, 0.6) is 0 Å². The number of hydrogen-bond acceptors (Lipinski definition) is 1. The maximum absolute atomic E-state index is 6.19. The molecule has 0 bridgehead atoms. The minimum atomic E-state index is -0.769. The van der Waals surface area contributed by atoms with Crippen LogP contribution in [0.4, 0.5) is 0 Å². The smallest absolute Gasteiger partial charge is 0.135 e. The zero-order chi connectivity index (χ0) is 54.5. The fourth-order valence-corrected chi connectivity index (χ4v) is 15.5. The highest BCUT2D eigenvalue weighted by molar-refractivity contribution is 6.73. The molecule has 0 unspecified atom stereocenters. The van der Waals surface area contributed by atoms with Crippen LogP contribution in [0.25, 0.3) is 160 Å². The summed E-state index contributed by atoms with van der Waals surface area (Å²) >= 11 is 0. The van der Waals surface area contributed by atoms with Gasteiger partial charge in [-0.05, 0) is 165 Å². The van der Waals surface area contributed by atoms with Crippen molar-refractivity contribution in [3.63, 3.8) is 0 Å². The van der Waals surface area contributed by atoms with E-state index >= 15 is 0 Å². The second-order valence-electron chi connectivity index (χ2n) is 22.4. The van der Waals surface area contributed by atoms with Crippen molar-refractivity contribution in [3.05, 3.63) is 297 Å². The Morgan fingerprint density at radius 1 is 0.229 bits per heavy atom. The van der Waals surface area contributed by atoms with E-state index in [4.69, 9.17) is 4.42 Å². The van der Waals surface area contributed by atoms with Gasteiger partial charge in [0.1, 0.15) is 11.2 Å². The Bertz CT molecular complexity index is 5020. The first kappa shape index (κ1) is 47.2. The van der Waals surface area contributed by atoms with Crippen LogP contribution in [0.15, 0.2) is 302 Å². The summed E-state index contributed by atoms with van der Waals surface area (Å²) < 4.78 is 8.69. The lowest BCUT2D eigenvalue weighted by Gasteiger charge is -2.12. The number of hydrogen-bond donors (Lipinski definition) is 0. The third kappa shape index (κ3) is 8.00. The van der Waals surface area contributed by atoms with Gasteiger partial charge >= 0.3 is 0 Å². The number of fused-ring (bicyclic) bond motifs is 11. The van der Waals surface area contributed by atoms with Gasteiger partial charge in [-0.3, -0.25) is 0 Å². The summed E-state index contributed by atoms with van der Waals surface area (Å²) in [5, 5.41) is 12.9. The van der Waals surface area contributed by atoms with Gasteiger partial charge in [-0.2, -0.15) is 0 Å². The summed E-state index contributed by atoms with van der Waals surface area (Å²) in [7, 11) is -0.769. The van der Waals surface area contributed by atoms with E-state index < -0.39 is 9.52 Å². The molecular weight excluding hydrogens is 1020 g/mol. The summed E-state index contributed by atoms with van der Waals surface area (Å²) in [5.41, 5.74) is 25.3. The Kier molecular flexibility index (Phi) is 10.8. The highest BCUT2D eigenvalue weighted by Crippen LogP contribution is 2.41. The highest BCUT2D eigenvalue weighted by atomic mass is 28.2. The van der Waals surface area contributed by atoms with Gasteiger partial charge in [0, 0.05) is 27.2 Å². The molecule has 3 heteroatoms. The summed E-state index contributed by atoms with van der Waals surface area (Å²) in [6.45, 7) is 0. The normalized spacial score (nSPS) is 12.3. The molecule has 17 rings (SSSR count). The number of aromatic nitrogens is 1. The largest absolute Gasteiger partial charge is 0.456 e. The molecule has 0 saturated heterocycles. The van der Waals surface area contributed by atoms with Crippen LogP contribution in [0.1, 0.15) is 0 Å². The highest BCUT2D eigenvalue weighted by Gasteiger charge is 2.23. The van der Waals surface area contributed by atoms with E-state index in [0.717, 1.165) is 21.9 Å². The van der Waals surface area contributed by atoms with Crippen molar-refractivity contribution in [3.8, 4) is 94.7 Å². The van der Waals surface area contributed by atoms with Gasteiger partial charge in [-0.1, -0.05) is 253 Å². The van der Waals surface area contributed by atoms with Gasteiger partial charge in [0.25, 0.3) is 0 Å². The molecular formula is C80H51NOSi. The lowest BCUT2D eigenvalue weighted by atomic mass is 9.95. The lowest BCUT2D eigenvalue weighted by molar-refractivity contribution is 0.669. The molecule has 0 fully saturated rings. The molecule has 386 valence electrons. The van der Waals surface area contributed by atoms with Crippen LogP contribution in [-0.4, -0.2) is 14.1 Å². The summed E-state index contributed by atoms with van der Waals surface area (Å²) in [4.78, 5) is 0. The second-order valence-corrected chi connectivity index (χ2v) is 24.2. The van der Waals surface area contributed by atoms with Crippen LogP contribution < -0.4 is 10.4 Å². The van der Waals surface area contributed by atoms with Crippen molar-refractivity contribution < 1.29 is 4.42 Å². The van der Waals surface area contributed by atoms with Crippen molar-refractivity contribution in [2.45, 2.75) is 0 Å². The van der Waals surface area contributed by atoms with Gasteiger partial charge < -0.3 is 8.98 Å².